The van der Waals surface area contributed by atoms with Gasteiger partial charge in [-0.25, -0.2) is 4.39 Å². The van der Waals surface area contributed by atoms with Crippen molar-refractivity contribution in [3.05, 3.63) is 59.9 Å². The van der Waals surface area contributed by atoms with Crippen molar-refractivity contribution in [1.29, 1.82) is 5.26 Å². The van der Waals surface area contributed by atoms with Crippen molar-refractivity contribution in [2.24, 2.45) is 5.92 Å². The van der Waals surface area contributed by atoms with Crippen LogP contribution in [0.25, 0.3) is 0 Å². The van der Waals surface area contributed by atoms with E-state index < -0.39 is 11.7 Å². The maximum absolute atomic E-state index is 13.5. The average molecular weight is 326 g/mol. The van der Waals surface area contributed by atoms with E-state index in [0.29, 0.717) is 17.9 Å². The van der Waals surface area contributed by atoms with Crippen LogP contribution >= 0.6 is 0 Å². The van der Waals surface area contributed by atoms with Gasteiger partial charge in [0, 0.05) is 18.7 Å². The van der Waals surface area contributed by atoms with Gasteiger partial charge in [-0.3, -0.25) is 4.79 Å². The minimum atomic E-state index is -0.916. The molecule has 1 unspecified atom stereocenters. The Morgan fingerprint density at radius 1 is 1.29 bits per heavy atom. The number of ether oxygens (including phenoxy) is 1. The Morgan fingerprint density at radius 2 is 2.00 bits per heavy atom. The lowest BCUT2D eigenvalue weighted by molar-refractivity contribution is -0.120. The molecule has 0 fully saturated rings. The molecule has 0 aliphatic rings. The summed E-state index contributed by atoms with van der Waals surface area (Å²) in [6, 6.07) is 15.3. The zero-order valence-corrected chi connectivity index (χ0v) is 13.7. The fraction of sp³-hybridized carbons (Fsp3) is 0.263. The van der Waals surface area contributed by atoms with Gasteiger partial charge in [0.25, 0.3) is 0 Å². The van der Waals surface area contributed by atoms with Crippen LogP contribution in [-0.2, 0) is 11.2 Å². The number of hydrogen-bond acceptors (Lipinski definition) is 3. The highest BCUT2D eigenvalue weighted by Crippen LogP contribution is 2.24. The zero-order valence-electron chi connectivity index (χ0n) is 13.7. The predicted molar refractivity (Wildman–Crippen MR) is 90.2 cm³/mol. The van der Waals surface area contributed by atoms with Crippen LogP contribution in [0.5, 0.6) is 5.75 Å². The fourth-order valence-corrected chi connectivity index (χ4v) is 2.58. The minimum absolute atomic E-state index is 0.0968. The first-order valence-electron chi connectivity index (χ1n) is 7.69. The molecule has 0 radical (unpaired) electrons. The number of anilines is 1. The topological polar surface area (TPSA) is 53.3 Å². The molecule has 2 aromatic rings. The molecule has 0 saturated heterocycles. The molecule has 0 aliphatic carbocycles. The summed E-state index contributed by atoms with van der Waals surface area (Å²) < 4.78 is 18.7. The van der Waals surface area contributed by atoms with Crippen LogP contribution in [-0.4, -0.2) is 19.6 Å². The van der Waals surface area contributed by atoms with Crippen molar-refractivity contribution in [2.45, 2.75) is 13.3 Å². The summed E-state index contributed by atoms with van der Waals surface area (Å²) in [6.45, 7) is 2.30. The van der Waals surface area contributed by atoms with Gasteiger partial charge >= 0.3 is 0 Å². The molecule has 0 saturated carbocycles. The van der Waals surface area contributed by atoms with Crippen LogP contribution in [0.3, 0.4) is 0 Å². The molecule has 124 valence electrons. The van der Waals surface area contributed by atoms with E-state index in [-0.39, 0.29) is 12.3 Å². The van der Waals surface area contributed by atoms with Gasteiger partial charge in [0.2, 0.25) is 5.91 Å². The Balaban J connectivity index is 2.26. The Kier molecular flexibility index (Phi) is 5.91. The third-order valence-electron chi connectivity index (χ3n) is 3.77. The molecule has 0 spiro atoms. The van der Waals surface area contributed by atoms with Crippen LogP contribution in [0.2, 0.25) is 0 Å². The highest BCUT2D eigenvalue weighted by Gasteiger charge is 2.26. The summed E-state index contributed by atoms with van der Waals surface area (Å²) in [6.07, 6.45) is 0.0968. The number of methoxy groups -OCH3 is 1. The molecule has 4 nitrogen and oxygen atoms in total. The van der Waals surface area contributed by atoms with Gasteiger partial charge in [-0.15, -0.1) is 0 Å². The molecular weight excluding hydrogens is 307 g/mol. The second-order valence-corrected chi connectivity index (χ2v) is 5.26. The first-order chi connectivity index (χ1) is 11.6. The Bertz CT molecular complexity index is 741. The number of nitriles is 1. The molecule has 1 atom stereocenters. The average Bonchev–Trinajstić information content (AvgIpc) is 2.61. The molecule has 0 aliphatic heterocycles. The lowest BCUT2D eigenvalue weighted by Gasteiger charge is -2.23. The number of benzene rings is 2. The van der Waals surface area contributed by atoms with E-state index in [1.165, 1.54) is 25.3 Å². The summed E-state index contributed by atoms with van der Waals surface area (Å²) in [5.74, 6) is -1.18. The summed E-state index contributed by atoms with van der Waals surface area (Å²) >= 11 is 0. The maximum Gasteiger partial charge on any atom is 0.244 e. The number of carbonyl (C=O) groups is 1. The van der Waals surface area contributed by atoms with E-state index in [1.807, 2.05) is 43.3 Å². The standard InChI is InChI=1S/C19H19FN2O2/c1-3-22(17-7-5-4-6-8-17)19(23)15(13-21)11-14-12-16(20)9-10-18(14)24-2/h4-10,12,15H,3,11H2,1-2H3. The molecule has 24 heavy (non-hydrogen) atoms. The molecule has 0 N–H and O–H groups in total. The Hall–Kier alpha value is -2.87. The van der Waals surface area contributed by atoms with Crippen LogP contribution in [0.15, 0.2) is 48.5 Å². The fourth-order valence-electron chi connectivity index (χ4n) is 2.58. The third kappa shape index (κ3) is 3.90. The van der Waals surface area contributed by atoms with Crippen molar-refractivity contribution < 1.29 is 13.9 Å². The first kappa shape index (κ1) is 17.5. The summed E-state index contributed by atoms with van der Waals surface area (Å²) in [7, 11) is 1.47. The number of rotatable bonds is 6. The third-order valence-corrected chi connectivity index (χ3v) is 3.77. The normalized spacial score (nSPS) is 11.4. The number of hydrogen-bond donors (Lipinski definition) is 0. The number of carbonyl (C=O) groups excluding carboxylic acids is 1. The second kappa shape index (κ2) is 8.11. The summed E-state index contributed by atoms with van der Waals surface area (Å²) in [5, 5.41) is 9.45. The lowest BCUT2D eigenvalue weighted by atomic mass is 9.98. The highest BCUT2D eigenvalue weighted by atomic mass is 19.1. The van der Waals surface area contributed by atoms with E-state index in [2.05, 4.69) is 0 Å². The number of halogens is 1. The van der Waals surface area contributed by atoms with Crippen LogP contribution < -0.4 is 9.64 Å². The second-order valence-electron chi connectivity index (χ2n) is 5.26. The molecule has 2 aromatic carbocycles. The van der Waals surface area contributed by atoms with Gasteiger partial charge in [0.15, 0.2) is 0 Å². The van der Waals surface area contributed by atoms with E-state index in [1.54, 1.807) is 4.90 Å². The van der Waals surface area contributed by atoms with Crippen molar-refractivity contribution in [3.8, 4) is 11.8 Å². The van der Waals surface area contributed by atoms with Gasteiger partial charge in [-0.1, -0.05) is 18.2 Å². The molecular formula is C19H19FN2O2. The van der Waals surface area contributed by atoms with Crippen molar-refractivity contribution in [2.75, 3.05) is 18.6 Å². The molecule has 2 rings (SSSR count). The summed E-state index contributed by atoms with van der Waals surface area (Å²) in [5.41, 5.74) is 1.23. The van der Waals surface area contributed by atoms with Crippen molar-refractivity contribution >= 4 is 11.6 Å². The van der Waals surface area contributed by atoms with Crippen LogP contribution in [0.4, 0.5) is 10.1 Å². The number of para-hydroxylation sites is 1. The molecule has 1 amide bonds. The maximum atomic E-state index is 13.5. The Labute approximate surface area is 141 Å². The SMILES string of the molecule is CCN(C(=O)C(C#N)Cc1cc(F)ccc1OC)c1ccccc1. The summed E-state index contributed by atoms with van der Waals surface area (Å²) in [4.78, 5) is 14.3. The predicted octanol–water partition coefficient (Wildman–Crippen LogP) is 3.57. The number of nitrogens with zero attached hydrogens (tertiary/aromatic N) is 2. The first-order valence-corrected chi connectivity index (χ1v) is 7.69. The largest absolute Gasteiger partial charge is 0.496 e. The monoisotopic (exact) mass is 326 g/mol. The van der Waals surface area contributed by atoms with Crippen molar-refractivity contribution in [3.63, 3.8) is 0 Å². The molecule has 0 heterocycles. The van der Waals surface area contributed by atoms with E-state index in [4.69, 9.17) is 4.74 Å². The van der Waals surface area contributed by atoms with Gasteiger partial charge in [-0.05, 0) is 42.8 Å². The van der Waals surface area contributed by atoms with E-state index in [9.17, 15) is 14.4 Å². The minimum Gasteiger partial charge on any atom is -0.496 e. The van der Waals surface area contributed by atoms with Crippen molar-refractivity contribution in [1.82, 2.24) is 0 Å². The van der Waals surface area contributed by atoms with Crippen LogP contribution in [0, 0.1) is 23.1 Å². The van der Waals surface area contributed by atoms with Gasteiger partial charge < -0.3 is 9.64 Å². The number of amides is 1. The molecule has 0 aromatic heterocycles. The molecule has 0 bridgehead atoms. The zero-order chi connectivity index (χ0) is 17.5. The van der Waals surface area contributed by atoms with Gasteiger partial charge in [0.1, 0.15) is 17.5 Å². The highest BCUT2D eigenvalue weighted by molar-refractivity contribution is 5.96. The van der Waals surface area contributed by atoms with E-state index >= 15 is 0 Å². The van der Waals surface area contributed by atoms with E-state index in [0.717, 1.165) is 5.69 Å². The lowest BCUT2D eigenvalue weighted by Crippen LogP contribution is -2.36. The van der Waals surface area contributed by atoms with Gasteiger partial charge in [0.05, 0.1) is 13.2 Å². The quantitative estimate of drug-likeness (QED) is 0.815. The smallest absolute Gasteiger partial charge is 0.244 e. The van der Waals surface area contributed by atoms with Gasteiger partial charge in [-0.2, -0.15) is 5.26 Å². The Morgan fingerprint density at radius 3 is 2.58 bits per heavy atom. The van der Waals surface area contributed by atoms with Crippen LogP contribution in [0.1, 0.15) is 12.5 Å². The molecule has 5 heteroatoms.